The third-order valence-electron chi connectivity index (χ3n) is 4.29. The highest BCUT2D eigenvalue weighted by atomic mass is 32.1. The van der Waals surface area contributed by atoms with E-state index in [-0.39, 0.29) is 10.8 Å². The fraction of sp³-hybridized carbons (Fsp3) is 0.158. The number of thiazole rings is 1. The van der Waals surface area contributed by atoms with Crippen LogP contribution < -0.4 is 5.32 Å². The van der Waals surface area contributed by atoms with Crippen molar-refractivity contribution in [2.45, 2.75) is 19.3 Å². The molecule has 0 fully saturated rings. The second-order valence-corrected chi connectivity index (χ2v) is 7.04. The first-order valence-corrected chi connectivity index (χ1v) is 8.92. The van der Waals surface area contributed by atoms with Crippen molar-refractivity contribution >= 4 is 22.9 Å². The second-order valence-electron chi connectivity index (χ2n) is 6.04. The molecule has 1 amide bonds. The van der Waals surface area contributed by atoms with Crippen LogP contribution in [0.2, 0.25) is 0 Å². The van der Waals surface area contributed by atoms with Crippen LogP contribution in [-0.2, 0) is 12.8 Å². The number of para-hydroxylation sites is 1. The van der Waals surface area contributed by atoms with Gasteiger partial charge in [-0.3, -0.25) is 4.79 Å². The van der Waals surface area contributed by atoms with Gasteiger partial charge in [0.2, 0.25) is 0 Å². The molecule has 0 bridgehead atoms. The number of carbonyl (C=O) groups is 1. The molecule has 26 heavy (non-hydrogen) atoms. The molecule has 2 aromatic carbocycles. The summed E-state index contributed by atoms with van der Waals surface area (Å²) in [7, 11) is 0. The number of phenols is 1. The Hall–Kier alpha value is -2.80. The summed E-state index contributed by atoms with van der Waals surface area (Å²) in [5.41, 5.74) is 2.21. The van der Waals surface area contributed by atoms with Crippen LogP contribution in [0.3, 0.4) is 0 Å². The van der Waals surface area contributed by atoms with Crippen LogP contribution in [0.15, 0.2) is 36.4 Å². The maximum absolute atomic E-state index is 13.7. The van der Waals surface area contributed by atoms with E-state index in [0.29, 0.717) is 6.42 Å². The number of fused-ring (bicyclic) bond motifs is 3. The number of hydrogen-bond donors (Lipinski definition) is 2. The maximum atomic E-state index is 13.7. The first-order chi connectivity index (χ1) is 12.5. The molecule has 0 saturated carbocycles. The zero-order valence-electron chi connectivity index (χ0n) is 13.6. The lowest BCUT2D eigenvalue weighted by atomic mass is 10.0. The Morgan fingerprint density at radius 2 is 1.92 bits per heavy atom. The number of nitrogens with zero attached hydrogens (tertiary/aromatic N) is 1. The highest BCUT2D eigenvalue weighted by Gasteiger charge is 2.23. The van der Waals surface area contributed by atoms with E-state index in [1.54, 1.807) is 12.1 Å². The number of aryl methyl sites for hydroxylation is 2. The normalized spacial score (nSPS) is 12.8. The van der Waals surface area contributed by atoms with E-state index < -0.39 is 23.2 Å². The maximum Gasteiger partial charge on any atom is 0.284 e. The van der Waals surface area contributed by atoms with Crippen LogP contribution >= 0.6 is 11.3 Å². The molecule has 2 N–H and O–H groups in total. The summed E-state index contributed by atoms with van der Waals surface area (Å²) in [4.78, 5) is 17.6. The minimum atomic E-state index is -0.841. The summed E-state index contributed by atoms with van der Waals surface area (Å²) in [6.07, 6.45) is 2.43. The minimum Gasteiger partial charge on any atom is -0.508 e. The van der Waals surface area contributed by atoms with E-state index in [1.807, 2.05) is 6.07 Å². The highest BCUT2D eigenvalue weighted by molar-refractivity contribution is 7.17. The number of nitrogens with one attached hydrogen (secondary N) is 1. The van der Waals surface area contributed by atoms with Gasteiger partial charge in [0.05, 0.1) is 10.6 Å². The van der Waals surface area contributed by atoms with Gasteiger partial charge in [0.15, 0.2) is 5.01 Å². The lowest BCUT2D eigenvalue weighted by Crippen LogP contribution is -2.14. The van der Waals surface area contributed by atoms with Gasteiger partial charge < -0.3 is 10.4 Å². The van der Waals surface area contributed by atoms with E-state index >= 15 is 0 Å². The predicted octanol–water partition coefficient (Wildman–Crippen LogP) is 4.53. The van der Waals surface area contributed by atoms with Crippen molar-refractivity contribution in [1.29, 1.82) is 0 Å². The molecule has 1 aliphatic rings. The first kappa shape index (κ1) is 16.7. The molecule has 4 nitrogen and oxygen atoms in total. The largest absolute Gasteiger partial charge is 0.508 e. The number of carbonyl (C=O) groups excluding carboxylic acids is 1. The average molecular weight is 372 g/mol. The first-order valence-electron chi connectivity index (χ1n) is 8.10. The van der Waals surface area contributed by atoms with Gasteiger partial charge in [-0.25, -0.2) is 13.8 Å². The minimum absolute atomic E-state index is 0.133. The van der Waals surface area contributed by atoms with Crippen molar-refractivity contribution in [3.8, 4) is 16.2 Å². The topological polar surface area (TPSA) is 62.2 Å². The third kappa shape index (κ3) is 2.94. The van der Waals surface area contributed by atoms with Crippen molar-refractivity contribution in [2.24, 2.45) is 0 Å². The second kappa shape index (κ2) is 6.49. The quantitative estimate of drug-likeness (QED) is 0.694. The van der Waals surface area contributed by atoms with E-state index in [2.05, 4.69) is 10.3 Å². The zero-order valence-corrected chi connectivity index (χ0v) is 14.4. The van der Waals surface area contributed by atoms with Gasteiger partial charge in [-0.1, -0.05) is 12.1 Å². The average Bonchev–Trinajstić information content (AvgIpc) is 2.96. The van der Waals surface area contributed by atoms with Crippen molar-refractivity contribution in [2.75, 3.05) is 5.32 Å². The summed E-state index contributed by atoms with van der Waals surface area (Å²) in [5.74, 6) is -2.20. The summed E-state index contributed by atoms with van der Waals surface area (Å²) < 4.78 is 27.5. The van der Waals surface area contributed by atoms with Crippen LogP contribution in [0, 0.1) is 11.6 Å². The monoisotopic (exact) mass is 372 g/mol. The van der Waals surface area contributed by atoms with E-state index in [1.165, 1.54) is 6.07 Å². The van der Waals surface area contributed by atoms with Gasteiger partial charge in [-0.2, -0.15) is 0 Å². The summed E-state index contributed by atoms with van der Waals surface area (Å²) in [5, 5.41) is 12.2. The van der Waals surface area contributed by atoms with Gasteiger partial charge in [-0.15, -0.1) is 11.3 Å². The van der Waals surface area contributed by atoms with Crippen LogP contribution in [0.4, 0.5) is 14.5 Å². The Bertz CT molecular complexity index is 997. The van der Waals surface area contributed by atoms with Crippen LogP contribution in [-0.4, -0.2) is 16.0 Å². The molecule has 0 unspecified atom stereocenters. The molecule has 0 spiro atoms. The molecule has 7 heteroatoms. The molecule has 3 aromatic rings. The van der Waals surface area contributed by atoms with Crippen molar-refractivity contribution in [1.82, 2.24) is 4.98 Å². The molecule has 4 rings (SSSR count). The zero-order chi connectivity index (χ0) is 18.3. The predicted molar refractivity (Wildman–Crippen MR) is 95.6 cm³/mol. The molecule has 0 atom stereocenters. The van der Waals surface area contributed by atoms with Gasteiger partial charge in [0.1, 0.15) is 23.1 Å². The van der Waals surface area contributed by atoms with E-state index in [4.69, 9.17) is 0 Å². The number of amides is 1. The SMILES string of the molecule is O=C(Nc1c(F)cccc1F)c1nc2c(s1)-c1cc(O)ccc1CCC2. The number of aromatic hydroxyl groups is 1. The van der Waals surface area contributed by atoms with E-state index in [0.717, 1.165) is 58.0 Å². The number of halogens is 2. The standard InChI is InChI=1S/C19H14F2N2O2S/c20-13-4-2-5-14(21)16(13)23-18(25)19-22-15-6-1-3-10-7-8-11(24)9-12(10)17(15)26-19/h2,4-5,7-9,24H,1,3,6H2,(H,23,25). The summed E-state index contributed by atoms with van der Waals surface area (Å²) in [6, 6.07) is 8.56. The van der Waals surface area contributed by atoms with Gasteiger partial charge in [0, 0.05) is 5.56 Å². The Kier molecular flexibility index (Phi) is 4.16. The van der Waals surface area contributed by atoms with Crippen molar-refractivity contribution in [3.63, 3.8) is 0 Å². The number of rotatable bonds is 2. The molecule has 1 aliphatic carbocycles. The Morgan fingerprint density at radius 1 is 1.15 bits per heavy atom. The molecule has 0 saturated heterocycles. The fourth-order valence-corrected chi connectivity index (χ4v) is 4.11. The van der Waals surface area contributed by atoms with Crippen molar-refractivity contribution in [3.05, 3.63) is 64.3 Å². The molecule has 132 valence electrons. The summed E-state index contributed by atoms with van der Waals surface area (Å²) >= 11 is 1.16. The smallest absolute Gasteiger partial charge is 0.284 e. The van der Waals surface area contributed by atoms with Crippen LogP contribution in [0.1, 0.15) is 27.5 Å². The number of hydrogen-bond acceptors (Lipinski definition) is 4. The summed E-state index contributed by atoms with van der Waals surface area (Å²) in [6.45, 7) is 0. The molecule has 0 aliphatic heterocycles. The molecular weight excluding hydrogens is 358 g/mol. The molecular formula is C19H14F2N2O2S. The molecule has 0 radical (unpaired) electrons. The number of aromatic nitrogens is 1. The number of anilines is 1. The number of phenolic OH excluding ortho intramolecular Hbond substituents is 1. The van der Waals surface area contributed by atoms with Crippen molar-refractivity contribution < 1.29 is 18.7 Å². The Labute approximate surface area is 152 Å². The van der Waals surface area contributed by atoms with Gasteiger partial charge in [0.25, 0.3) is 5.91 Å². The highest BCUT2D eigenvalue weighted by Crippen LogP contribution is 2.38. The molecule has 1 aromatic heterocycles. The molecule has 1 heterocycles. The lowest BCUT2D eigenvalue weighted by molar-refractivity contribution is 0.102. The Balaban J connectivity index is 1.71. The van der Waals surface area contributed by atoms with Crippen LogP contribution in [0.5, 0.6) is 5.75 Å². The fourth-order valence-electron chi connectivity index (χ4n) is 3.05. The van der Waals surface area contributed by atoms with E-state index in [9.17, 15) is 18.7 Å². The lowest BCUT2D eigenvalue weighted by Gasteiger charge is -2.06. The third-order valence-corrected chi connectivity index (χ3v) is 5.42. The van der Waals surface area contributed by atoms with Crippen LogP contribution in [0.25, 0.3) is 10.4 Å². The van der Waals surface area contributed by atoms with Gasteiger partial charge >= 0.3 is 0 Å². The van der Waals surface area contributed by atoms with Gasteiger partial charge in [-0.05, 0) is 49.1 Å². The Morgan fingerprint density at radius 3 is 2.69 bits per heavy atom. The number of benzene rings is 2.